The summed E-state index contributed by atoms with van der Waals surface area (Å²) in [4.78, 5) is 13.0. The Morgan fingerprint density at radius 2 is 2.40 bits per heavy atom. The highest BCUT2D eigenvalue weighted by Crippen LogP contribution is 2.27. The van der Waals surface area contributed by atoms with Crippen LogP contribution in [0.15, 0.2) is 41.2 Å². The molecule has 3 rings (SSSR count). The fraction of sp³-hybridized carbons (Fsp3) is 0.579. The van der Waals surface area contributed by atoms with Gasteiger partial charge < -0.3 is 14.8 Å². The third-order valence-electron chi connectivity index (χ3n) is 5.00. The molecule has 3 unspecified atom stereocenters. The highest BCUT2D eigenvalue weighted by atomic mass is 32.1. The molecule has 0 spiro atoms. The lowest BCUT2D eigenvalue weighted by molar-refractivity contribution is 0.189. The number of aliphatic imine (C=N–C) groups is 1. The Hall–Kier alpha value is -1.82. The van der Waals surface area contributed by atoms with E-state index < -0.39 is 0 Å². The normalized spacial score (nSPS) is 22.8. The largest absolute Gasteiger partial charge is 0.357 e. The van der Waals surface area contributed by atoms with Crippen molar-refractivity contribution < 1.29 is 0 Å². The molecule has 0 radical (unpaired) electrons. The summed E-state index contributed by atoms with van der Waals surface area (Å²) in [5, 5.41) is 5.63. The lowest BCUT2D eigenvalue weighted by atomic mass is 9.93. The van der Waals surface area contributed by atoms with Crippen LogP contribution in [0.2, 0.25) is 0 Å². The molecule has 1 aliphatic rings. The molecule has 1 fully saturated rings. The molecule has 6 heteroatoms. The Labute approximate surface area is 154 Å². The molecule has 25 heavy (non-hydrogen) atoms. The third-order valence-corrected chi connectivity index (χ3v) is 6.11. The summed E-state index contributed by atoms with van der Waals surface area (Å²) in [5.41, 5.74) is 0. The van der Waals surface area contributed by atoms with Crippen molar-refractivity contribution in [1.29, 1.82) is 0 Å². The summed E-state index contributed by atoms with van der Waals surface area (Å²) < 4.78 is 2.24. The molecule has 3 atom stereocenters. The van der Waals surface area contributed by atoms with Crippen molar-refractivity contribution in [1.82, 2.24) is 19.8 Å². The lowest BCUT2D eigenvalue weighted by Crippen LogP contribution is -2.49. The fourth-order valence-corrected chi connectivity index (χ4v) is 4.18. The van der Waals surface area contributed by atoms with E-state index in [0.717, 1.165) is 32.1 Å². The van der Waals surface area contributed by atoms with Gasteiger partial charge in [0, 0.05) is 42.8 Å². The SMILES string of the molecule is CCNC(=NCC(C)c1cccs1)N1CCC(C)C(n2ccnc2)C1. The van der Waals surface area contributed by atoms with Gasteiger partial charge in [0.2, 0.25) is 0 Å². The first-order chi connectivity index (χ1) is 12.2. The number of piperidine rings is 1. The molecule has 1 saturated heterocycles. The minimum Gasteiger partial charge on any atom is -0.357 e. The van der Waals surface area contributed by atoms with Gasteiger partial charge in [-0.15, -0.1) is 11.3 Å². The molecule has 5 nitrogen and oxygen atoms in total. The Balaban J connectivity index is 1.70. The molecule has 1 N–H and O–H groups in total. The van der Waals surface area contributed by atoms with E-state index in [4.69, 9.17) is 4.99 Å². The standard InChI is InChI=1S/C19H29N5S/c1-4-21-19(22-12-16(3)18-6-5-11-25-18)23-9-7-15(2)17(13-23)24-10-8-20-14-24/h5-6,8,10-11,14-17H,4,7,9,12-13H2,1-3H3,(H,21,22). The summed E-state index contributed by atoms with van der Waals surface area (Å²) in [6.45, 7) is 10.5. The van der Waals surface area contributed by atoms with Gasteiger partial charge in [0.15, 0.2) is 5.96 Å². The first-order valence-electron chi connectivity index (χ1n) is 9.23. The second kappa shape index (κ2) is 8.52. The van der Waals surface area contributed by atoms with Gasteiger partial charge in [-0.1, -0.05) is 19.9 Å². The fourth-order valence-electron chi connectivity index (χ4n) is 3.41. The predicted molar refractivity (Wildman–Crippen MR) is 105 cm³/mol. The third kappa shape index (κ3) is 4.42. The van der Waals surface area contributed by atoms with Crippen LogP contribution in [0.1, 0.15) is 44.0 Å². The van der Waals surface area contributed by atoms with E-state index in [1.54, 1.807) is 0 Å². The van der Waals surface area contributed by atoms with Crippen molar-refractivity contribution in [2.45, 2.75) is 39.2 Å². The van der Waals surface area contributed by atoms with E-state index in [1.807, 2.05) is 23.9 Å². The average molecular weight is 360 g/mol. The summed E-state index contributed by atoms with van der Waals surface area (Å²) in [7, 11) is 0. The molecule has 2 aromatic rings. The predicted octanol–water partition coefficient (Wildman–Crippen LogP) is 3.60. The summed E-state index contributed by atoms with van der Waals surface area (Å²) in [6, 6.07) is 4.78. The molecule has 0 bridgehead atoms. The molecular weight excluding hydrogens is 330 g/mol. The van der Waals surface area contributed by atoms with Crippen LogP contribution in [0.5, 0.6) is 0 Å². The topological polar surface area (TPSA) is 45.5 Å². The van der Waals surface area contributed by atoms with Crippen LogP contribution in [-0.4, -0.2) is 46.6 Å². The zero-order valence-corrected chi connectivity index (χ0v) is 16.2. The molecule has 1 aliphatic heterocycles. The number of hydrogen-bond donors (Lipinski definition) is 1. The minimum absolute atomic E-state index is 0.454. The Morgan fingerprint density at radius 3 is 3.08 bits per heavy atom. The molecule has 3 heterocycles. The van der Waals surface area contributed by atoms with Gasteiger partial charge in [0.25, 0.3) is 0 Å². The van der Waals surface area contributed by atoms with Crippen molar-refractivity contribution in [3.05, 3.63) is 41.1 Å². The van der Waals surface area contributed by atoms with Crippen molar-refractivity contribution in [3.63, 3.8) is 0 Å². The van der Waals surface area contributed by atoms with Crippen molar-refractivity contribution in [2.24, 2.45) is 10.9 Å². The molecule has 0 aliphatic carbocycles. The summed E-state index contributed by atoms with van der Waals surface area (Å²) in [5.74, 6) is 2.16. The van der Waals surface area contributed by atoms with Crippen LogP contribution in [0, 0.1) is 5.92 Å². The zero-order valence-electron chi connectivity index (χ0n) is 15.4. The molecule has 0 amide bonds. The number of nitrogens with one attached hydrogen (secondary N) is 1. The number of thiophene rings is 1. The Bertz CT molecular complexity index is 649. The first-order valence-corrected chi connectivity index (χ1v) is 10.1. The van der Waals surface area contributed by atoms with E-state index in [-0.39, 0.29) is 0 Å². The number of rotatable bonds is 5. The Morgan fingerprint density at radius 1 is 1.52 bits per heavy atom. The molecule has 2 aromatic heterocycles. The first kappa shape index (κ1) is 18.0. The van der Waals surface area contributed by atoms with Gasteiger partial charge in [0.1, 0.15) is 0 Å². The van der Waals surface area contributed by atoms with E-state index in [9.17, 15) is 0 Å². The Kier molecular flexibility index (Phi) is 6.13. The highest BCUT2D eigenvalue weighted by Gasteiger charge is 2.28. The number of likely N-dealkylation sites (tertiary alicyclic amines) is 1. The van der Waals surface area contributed by atoms with Crippen LogP contribution in [-0.2, 0) is 0 Å². The maximum Gasteiger partial charge on any atom is 0.194 e. The van der Waals surface area contributed by atoms with Crippen LogP contribution >= 0.6 is 11.3 Å². The van der Waals surface area contributed by atoms with Crippen molar-refractivity contribution in [3.8, 4) is 0 Å². The van der Waals surface area contributed by atoms with Crippen LogP contribution in [0.25, 0.3) is 0 Å². The summed E-state index contributed by atoms with van der Waals surface area (Å²) >= 11 is 1.82. The van der Waals surface area contributed by atoms with E-state index in [0.29, 0.717) is 17.9 Å². The molecule has 136 valence electrons. The van der Waals surface area contributed by atoms with Gasteiger partial charge in [0.05, 0.1) is 18.9 Å². The second-order valence-corrected chi connectivity index (χ2v) is 7.88. The van der Waals surface area contributed by atoms with Gasteiger partial charge in [-0.3, -0.25) is 4.99 Å². The second-order valence-electron chi connectivity index (χ2n) is 6.90. The molecular formula is C19H29N5S. The van der Waals surface area contributed by atoms with E-state index in [2.05, 4.69) is 64.2 Å². The van der Waals surface area contributed by atoms with E-state index >= 15 is 0 Å². The maximum atomic E-state index is 4.95. The minimum atomic E-state index is 0.454. The van der Waals surface area contributed by atoms with Gasteiger partial charge in [-0.2, -0.15) is 0 Å². The van der Waals surface area contributed by atoms with Gasteiger partial charge in [-0.05, 0) is 30.7 Å². The summed E-state index contributed by atoms with van der Waals surface area (Å²) in [6.07, 6.45) is 7.06. The smallest absolute Gasteiger partial charge is 0.194 e. The number of hydrogen-bond acceptors (Lipinski definition) is 3. The van der Waals surface area contributed by atoms with Crippen LogP contribution in [0.4, 0.5) is 0 Å². The highest BCUT2D eigenvalue weighted by molar-refractivity contribution is 7.10. The van der Waals surface area contributed by atoms with Crippen LogP contribution < -0.4 is 5.32 Å². The van der Waals surface area contributed by atoms with E-state index in [1.165, 1.54) is 11.3 Å². The van der Waals surface area contributed by atoms with Crippen molar-refractivity contribution in [2.75, 3.05) is 26.2 Å². The monoisotopic (exact) mass is 359 g/mol. The zero-order chi connectivity index (χ0) is 17.6. The van der Waals surface area contributed by atoms with Gasteiger partial charge in [-0.25, -0.2) is 4.98 Å². The number of aromatic nitrogens is 2. The van der Waals surface area contributed by atoms with Gasteiger partial charge >= 0.3 is 0 Å². The average Bonchev–Trinajstić information content (AvgIpc) is 3.32. The quantitative estimate of drug-likeness (QED) is 0.655. The number of imidazole rings is 1. The number of guanidine groups is 1. The lowest BCUT2D eigenvalue weighted by Gasteiger charge is -2.39. The number of nitrogens with zero attached hydrogens (tertiary/aromatic N) is 4. The van der Waals surface area contributed by atoms with Crippen molar-refractivity contribution >= 4 is 17.3 Å². The molecule has 0 saturated carbocycles. The van der Waals surface area contributed by atoms with Crippen LogP contribution in [0.3, 0.4) is 0 Å². The molecule has 0 aromatic carbocycles. The maximum absolute atomic E-state index is 4.95.